The molecule has 2 unspecified atom stereocenters. The molecule has 216 valence electrons. The minimum absolute atomic E-state index is 0.0308. The zero-order valence-electron chi connectivity index (χ0n) is 23.9. The summed E-state index contributed by atoms with van der Waals surface area (Å²) >= 11 is 0. The molecule has 0 radical (unpaired) electrons. The summed E-state index contributed by atoms with van der Waals surface area (Å²) in [5.74, 6) is -2.44. The third-order valence-corrected chi connectivity index (χ3v) is 9.39. The van der Waals surface area contributed by atoms with E-state index in [-0.39, 0.29) is 22.8 Å². The van der Waals surface area contributed by atoms with Crippen LogP contribution in [-0.4, -0.2) is 83.1 Å². The Bertz CT molecular complexity index is 1070. The fourth-order valence-electron chi connectivity index (χ4n) is 6.90. The smallest absolute Gasteiger partial charge is 0.319 e. The highest BCUT2D eigenvalue weighted by molar-refractivity contribution is 6.37. The number of nitrogens with two attached hydrogens (primary N) is 1. The van der Waals surface area contributed by atoms with Crippen molar-refractivity contribution in [3.05, 3.63) is 12.3 Å². The van der Waals surface area contributed by atoms with Gasteiger partial charge in [0.15, 0.2) is 0 Å². The summed E-state index contributed by atoms with van der Waals surface area (Å²) in [6.45, 7) is 12.1. The molecule has 4 fully saturated rings. The third kappa shape index (κ3) is 5.42. The molecule has 5 amide bonds. The van der Waals surface area contributed by atoms with Crippen LogP contribution in [0.5, 0.6) is 0 Å². The zero-order chi connectivity index (χ0) is 28.9. The van der Waals surface area contributed by atoms with Gasteiger partial charge in [0.25, 0.3) is 5.91 Å². The van der Waals surface area contributed by atoms with E-state index < -0.39 is 47.2 Å². The van der Waals surface area contributed by atoms with Gasteiger partial charge >= 0.3 is 6.03 Å². The van der Waals surface area contributed by atoms with Crippen molar-refractivity contribution in [1.82, 2.24) is 25.8 Å². The van der Waals surface area contributed by atoms with Crippen LogP contribution in [0.3, 0.4) is 0 Å². The van der Waals surface area contributed by atoms with E-state index in [1.807, 2.05) is 20.8 Å². The summed E-state index contributed by atoms with van der Waals surface area (Å²) in [7, 11) is 2.07. The number of rotatable bonds is 9. The largest absolute Gasteiger partial charge is 0.363 e. The van der Waals surface area contributed by atoms with Gasteiger partial charge in [-0.3, -0.25) is 24.1 Å². The summed E-state index contributed by atoms with van der Waals surface area (Å²) < 4.78 is 0. The maximum atomic E-state index is 14.2. The molecule has 4 aliphatic rings. The van der Waals surface area contributed by atoms with Crippen molar-refractivity contribution >= 4 is 29.5 Å². The first-order valence-electron chi connectivity index (χ1n) is 14.0. The van der Waals surface area contributed by atoms with Crippen LogP contribution in [0.1, 0.15) is 72.6 Å². The van der Waals surface area contributed by atoms with Crippen LogP contribution in [-0.2, 0) is 19.2 Å². The summed E-state index contributed by atoms with van der Waals surface area (Å²) in [5, 5.41) is 8.18. The monoisotopic (exact) mass is 544 g/mol. The number of hydrogen-bond donors (Lipinski definition) is 4. The number of ketones is 1. The van der Waals surface area contributed by atoms with Gasteiger partial charge in [-0.15, -0.1) is 0 Å². The molecule has 11 heteroatoms. The van der Waals surface area contributed by atoms with E-state index in [4.69, 9.17) is 5.73 Å². The highest BCUT2D eigenvalue weighted by Crippen LogP contribution is 2.66. The van der Waals surface area contributed by atoms with Crippen molar-refractivity contribution in [3.63, 3.8) is 0 Å². The molecule has 2 saturated carbocycles. The lowest BCUT2D eigenvalue weighted by Crippen LogP contribution is -2.66. The average Bonchev–Trinajstić information content (AvgIpc) is 3.55. The number of fused-ring (bicyclic) bond motifs is 1. The topological polar surface area (TPSA) is 154 Å². The van der Waals surface area contributed by atoms with E-state index in [1.165, 1.54) is 0 Å². The Balaban J connectivity index is 1.60. The normalized spacial score (nSPS) is 27.2. The number of nitrogens with zero attached hydrogens (tertiary/aromatic N) is 2. The number of carbonyl (C=O) groups excluding carboxylic acids is 5. The molecule has 11 nitrogen and oxygen atoms in total. The van der Waals surface area contributed by atoms with E-state index in [0.29, 0.717) is 25.1 Å². The van der Waals surface area contributed by atoms with Gasteiger partial charge in [0.1, 0.15) is 12.1 Å². The maximum Gasteiger partial charge on any atom is 0.319 e. The van der Waals surface area contributed by atoms with Crippen LogP contribution in [0.25, 0.3) is 0 Å². The summed E-state index contributed by atoms with van der Waals surface area (Å²) in [5.41, 5.74) is 4.84. The Hall–Kier alpha value is -2.95. The maximum absolute atomic E-state index is 14.2. The van der Waals surface area contributed by atoms with Gasteiger partial charge in [-0.1, -0.05) is 46.6 Å². The van der Waals surface area contributed by atoms with E-state index in [9.17, 15) is 24.0 Å². The summed E-state index contributed by atoms with van der Waals surface area (Å²) in [6.07, 6.45) is 5.77. The molecular weight excluding hydrogens is 500 g/mol. The fraction of sp³-hybridized carbons (Fsp3) is 0.750. The van der Waals surface area contributed by atoms with Crippen molar-refractivity contribution in [2.45, 2.75) is 96.3 Å². The second-order valence-electron chi connectivity index (χ2n) is 13.4. The molecule has 0 aromatic carbocycles. The Morgan fingerprint density at radius 3 is 2.18 bits per heavy atom. The van der Waals surface area contributed by atoms with E-state index in [0.717, 1.165) is 38.6 Å². The number of nitrogens with one attached hydrogen (secondary N) is 3. The van der Waals surface area contributed by atoms with E-state index >= 15 is 0 Å². The minimum Gasteiger partial charge on any atom is -0.363 e. The quantitative estimate of drug-likeness (QED) is 0.318. The molecule has 4 rings (SSSR count). The highest BCUT2D eigenvalue weighted by Gasteiger charge is 2.73. The predicted octanol–water partition coefficient (Wildman–Crippen LogP) is 1.03. The van der Waals surface area contributed by atoms with Crippen molar-refractivity contribution in [2.24, 2.45) is 22.5 Å². The first-order chi connectivity index (χ1) is 18.1. The highest BCUT2D eigenvalue weighted by atomic mass is 16.2. The number of carbonyl (C=O) groups is 5. The predicted molar refractivity (Wildman–Crippen MR) is 145 cm³/mol. The number of allylic oxidation sites excluding steroid dienone is 1. The Labute approximate surface area is 230 Å². The summed E-state index contributed by atoms with van der Waals surface area (Å²) in [6, 6.07) is -3.29. The molecule has 0 aromatic heterocycles. The van der Waals surface area contributed by atoms with Crippen LogP contribution >= 0.6 is 0 Å². The van der Waals surface area contributed by atoms with Crippen molar-refractivity contribution in [2.75, 3.05) is 20.1 Å². The second-order valence-corrected chi connectivity index (χ2v) is 13.4. The van der Waals surface area contributed by atoms with Crippen LogP contribution in [0.15, 0.2) is 12.3 Å². The van der Waals surface area contributed by atoms with Gasteiger partial charge < -0.3 is 26.6 Å². The Kier molecular flexibility index (Phi) is 7.61. The van der Waals surface area contributed by atoms with Crippen LogP contribution < -0.4 is 21.7 Å². The van der Waals surface area contributed by atoms with Gasteiger partial charge in [0.05, 0.1) is 6.04 Å². The van der Waals surface area contributed by atoms with Crippen LogP contribution in [0, 0.1) is 16.7 Å². The van der Waals surface area contributed by atoms with E-state index in [1.54, 1.807) is 11.8 Å². The Morgan fingerprint density at radius 1 is 1.08 bits per heavy atom. The molecule has 2 aliphatic heterocycles. The number of likely N-dealkylation sites (tertiary alicyclic amines) is 2. The lowest BCUT2D eigenvalue weighted by molar-refractivity contribution is -0.144. The SMILES string of the molecule is C=C(C)NC(=O)N[C@H](C(=O)N1CC2(C[C@H]1C(=O)NC(CC1CCC1)C(=O)C(N)=O)CN(C)C21CC1)C(C)(C)C. The van der Waals surface area contributed by atoms with Gasteiger partial charge in [0.2, 0.25) is 17.6 Å². The van der Waals surface area contributed by atoms with Crippen LogP contribution in [0.4, 0.5) is 4.79 Å². The summed E-state index contributed by atoms with van der Waals surface area (Å²) in [4.78, 5) is 68.9. The van der Waals surface area contributed by atoms with Gasteiger partial charge in [-0.05, 0) is 51.0 Å². The molecular formula is C28H44N6O5. The lowest BCUT2D eigenvalue weighted by Gasteiger charge is -2.56. The number of amides is 5. The molecule has 5 N–H and O–H groups in total. The number of urea groups is 1. The van der Waals surface area contributed by atoms with Crippen LogP contribution in [0.2, 0.25) is 0 Å². The second kappa shape index (κ2) is 10.2. The first kappa shape index (κ1) is 29.0. The zero-order valence-corrected chi connectivity index (χ0v) is 23.9. The molecule has 39 heavy (non-hydrogen) atoms. The third-order valence-electron chi connectivity index (χ3n) is 9.39. The van der Waals surface area contributed by atoms with Crippen molar-refractivity contribution in [3.8, 4) is 0 Å². The molecule has 2 heterocycles. The molecule has 0 bridgehead atoms. The Morgan fingerprint density at radius 2 is 1.72 bits per heavy atom. The van der Waals surface area contributed by atoms with Crippen molar-refractivity contribution in [1.29, 1.82) is 0 Å². The van der Waals surface area contributed by atoms with Gasteiger partial charge in [0, 0.05) is 29.7 Å². The molecule has 4 atom stereocenters. The molecule has 2 spiro atoms. The minimum atomic E-state index is -1.08. The van der Waals surface area contributed by atoms with Crippen molar-refractivity contribution < 1.29 is 24.0 Å². The fourth-order valence-corrected chi connectivity index (χ4v) is 6.90. The standard InChI is InChI=1S/C28H44N6O5/c1-16(2)30-25(39)32-21(26(3,4)5)24(38)34-15-27(14-33(6)28(27)10-11-28)13-19(34)23(37)31-18(20(35)22(29)36)12-17-8-7-9-17/h17-19,21H,1,7-15H2,2-6H3,(H2,29,36)(H,31,37)(H2,30,32,39)/t18?,19-,21+,27?/m0/s1. The number of hydrogen-bond acceptors (Lipinski definition) is 6. The van der Waals surface area contributed by atoms with E-state index in [2.05, 4.69) is 34.5 Å². The molecule has 2 aliphatic carbocycles. The first-order valence-corrected chi connectivity index (χ1v) is 14.0. The molecule has 0 aromatic rings. The lowest BCUT2D eigenvalue weighted by atomic mass is 9.67. The average molecular weight is 545 g/mol. The van der Waals surface area contributed by atoms with Gasteiger partial charge in [-0.2, -0.15) is 0 Å². The van der Waals surface area contributed by atoms with Gasteiger partial charge in [-0.25, -0.2) is 4.79 Å². The number of Topliss-reactive ketones (excluding diaryl/α,β-unsaturated/α-hetero) is 1. The molecule has 2 saturated heterocycles. The number of primary amides is 1.